The van der Waals surface area contributed by atoms with Gasteiger partial charge in [-0.1, -0.05) is 6.07 Å². The van der Waals surface area contributed by atoms with E-state index in [1.165, 1.54) is 18.2 Å². The van der Waals surface area contributed by atoms with Crippen molar-refractivity contribution in [1.82, 2.24) is 10.6 Å². The van der Waals surface area contributed by atoms with Crippen LogP contribution in [0.25, 0.3) is 0 Å². The van der Waals surface area contributed by atoms with Gasteiger partial charge < -0.3 is 36.8 Å². The maximum Gasteiger partial charge on any atom is 0.328 e. The molecule has 25 heavy (non-hydrogen) atoms. The lowest BCUT2D eigenvalue weighted by Crippen LogP contribution is -2.52. The highest BCUT2D eigenvalue weighted by atomic mass is 16.4. The van der Waals surface area contributed by atoms with Crippen LogP contribution in [0.1, 0.15) is 23.2 Å². The van der Waals surface area contributed by atoms with Crippen molar-refractivity contribution < 1.29 is 34.8 Å². The van der Waals surface area contributed by atoms with Crippen molar-refractivity contribution in [3.63, 3.8) is 0 Å². The van der Waals surface area contributed by atoms with Gasteiger partial charge in [0.25, 0.3) is 5.91 Å². The van der Waals surface area contributed by atoms with Gasteiger partial charge in [-0.3, -0.25) is 9.59 Å². The number of nitrogens with one attached hydrogen (secondary N) is 2. The molecule has 0 bridgehead atoms. The maximum absolute atomic E-state index is 12.2. The van der Waals surface area contributed by atoms with E-state index in [-0.39, 0.29) is 18.5 Å². The van der Waals surface area contributed by atoms with Crippen LogP contribution in [0.15, 0.2) is 18.2 Å². The van der Waals surface area contributed by atoms with Gasteiger partial charge >= 0.3 is 5.97 Å². The van der Waals surface area contributed by atoms with Crippen molar-refractivity contribution in [2.24, 2.45) is 5.73 Å². The highest BCUT2D eigenvalue weighted by Crippen LogP contribution is 2.28. The Morgan fingerprint density at radius 3 is 2.36 bits per heavy atom. The molecule has 8 N–H and O–H groups in total. The van der Waals surface area contributed by atoms with Gasteiger partial charge in [-0.25, -0.2) is 4.79 Å². The van der Waals surface area contributed by atoms with E-state index < -0.39 is 48.0 Å². The number of phenols is 2. The molecule has 0 aliphatic carbocycles. The number of aromatic hydroxyl groups is 2. The van der Waals surface area contributed by atoms with Gasteiger partial charge in [-0.2, -0.15) is 0 Å². The number of benzene rings is 1. The molecule has 0 spiro atoms. The number of hydrogen-bond donors (Lipinski definition) is 7. The van der Waals surface area contributed by atoms with Crippen LogP contribution >= 0.6 is 0 Å². The molecule has 0 aliphatic rings. The fourth-order valence-electron chi connectivity index (χ4n) is 2.00. The Balaban J connectivity index is 2.91. The number of phenolic OH excluding ortho intramolecular Hbond substituents is 2. The number of rotatable bonds is 9. The predicted octanol–water partition coefficient (Wildman–Crippen LogP) is -1.50. The van der Waals surface area contributed by atoms with E-state index in [4.69, 9.17) is 15.9 Å². The van der Waals surface area contributed by atoms with Gasteiger partial charge in [0.15, 0.2) is 11.5 Å². The minimum absolute atomic E-state index is 0.116. The van der Waals surface area contributed by atoms with Crippen LogP contribution in [0.2, 0.25) is 0 Å². The Hall–Kier alpha value is -2.85. The molecule has 1 aromatic rings. The molecule has 0 aromatic heterocycles. The molecule has 0 aliphatic heterocycles. The van der Waals surface area contributed by atoms with E-state index >= 15 is 0 Å². The Bertz CT molecular complexity index is 636. The van der Waals surface area contributed by atoms with Gasteiger partial charge in [-0.15, -0.1) is 0 Å². The number of carboxylic acids is 1. The first-order valence-electron chi connectivity index (χ1n) is 7.47. The zero-order valence-corrected chi connectivity index (χ0v) is 13.3. The van der Waals surface area contributed by atoms with Gasteiger partial charge in [0.1, 0.15) is 12.1 Å². The quantitative estimate of drug-likeness (QED) is 0.261. The lowest BCUT2D eigenvalue weighted by Gasteiger charge is -2.20. The second kappa shape index (κ2) is 9.45. The maximum atomic E-state index is 12.2. The van der Waals surface area contributed by atoms with Crippen LogP contribution in [0, 0.1) is 0 Å². The summed E-state index contributed by atoms with van der Waals surface area (Å²) in [5, 5.41) is 41.4. The summed E-state index contributed by atoms with van der Waals surface area (Å²) in [7, 11) is 0. The van der Waals surface area contributed by atoms with Crippen molar-refractivity contribution in [3.8, 4) is 11.5 Å². The molecule has 0 unspecified atom stereocenters. The van der Waals surface area contributed by atoms with Gasteiger partial charge in [0.05, 0.1) is 12.2 Å². The van der Waals surface area contributed by atoms with Crippen molar-refractivity contribution in [3.05, 3.63) is 23.8 Å². The van der Waals surface area contributed by atoms with Crippen LogP contribution < -0.4 is 16.4 Å². The SMILES string of the molecule is NCCC[C@@H](NC(=O)c1cccc(O)c1O)C(=O)N[C@@H](CO)C(=O)O. The zero-order chi connectivity index (χ0) is 19.0. The molecule has 2 amide bonds. The van der Waals surface area contributed by atoms with E-state index in [0.29, 0.717) is 6.42 Å². The minimum atomic E-state index is -1.51. The van der Waals surface area contributed by atoms with Crippen LogP contribution in [-0.2, 0) is 9.59 Å². The Morgan fingerprint density at radius 1 is 1.12 bits per heavy atom. The number of nitrogens with two attached hydrogens (primary N) is 1. The number of carbonyl (C=O) groups is 3. The van der Waals surface area contributed by atoms with Crippen LogP contribution in [-0.4, -0.2) is 63.4 Å². The summed E-state index contributed by atoms with van der Waals surface area (Å²) in [6.45, 7) is -0.578. The smallest absolute Gasteiger partial charge is 0.328 e. The zero-order valence-electron chi connectivity index (χ0n) is 13.3. The van der Waals surface area contributed by atoms with Gasteiger partial charge in [-0.05, 0) is 31.5 Å². The monoisotopic (exact) mass is 355 g/mol. The van der Waals surface area contributed by atoms with E-state index in [2.05, 4.69) is 10.6 Å². The predicted molar refractivity (Wildman–Crippen MR) is 86.0 cm³/mol. The first kappa shape index (κ1) is 20.2. The molecule has 10 heteroatoms. The number of carbonyl (C=O) groups excluding carboxylic acids is 2. The summed E-state index contributed by atoms with van der Waals surface area (Å²) < 4.78 is 0. The van der Waals surface area contributed by atoms with Crippen molar-refractivity contribution >= 4 is 17.8 Å². The van der Waals surface area contributed by atoms with Gasteiger partial charge in [0.2, 0.25) is 5.91 Å². The molecule has 0 saturated heterocycles. The molecule has 1 aromatic carbocycles. The van der Waals surface area contributed by atoms with Crippen LogP contribution in [0.3, 0.4) is 0 Å². The summed E-state index contributed by atoms with van der Waals surface area (Å²) in [5.74, 6) is -4.21. The number of para-hydroxylation sites is 1. The van der Waals surface area contributed by atoms with E-state index in [9.17, 15) is 24.6 Å². The largest absolute Gasteiger partial charge is 0.504 e. The van der Waals surface area contributed by atoms with E-state index in [1.54, 1.807) is 0 Å². The van der Waals surface area contributed by atoms with Gasteiger partial charge in [0, 0.05) is 0 Å². The molecule has 0 saturated carbocycles. The van der Waals surface area contributed by atoms with Crippen LogP contribution in [0.4, 0.5) is 0 Å². The van der Waals surface area contributed by atoms with E-state index in [0.717, 1.165) is 0 Å². The third-order valence-corrected chi connectivity index (χ3v) is 3.38. The fourth-order valence-corrected chi connectivity index (χ4v) is 2.00. The first-order valence-corrected chi connectivity index (χ1v) is 7.47. The molecule has 2 atom stereocenters. The number of carboxylic acid groups (broad SMARTS) is 1. The molecule has 0 fully saturated rings. The molecule has 1 rings (SSSR count). The third kappa shape index (κ3) is 5.62. The molecular weight excluding hydrogens is 334 g/mol. The molecular formula is C15H21N3O7. The highest BCUT2D eigenvalue weighted by molar-refractivity contribution is 6.00. The average molecular weight is 355 g/mol. The summed E-state index contributed by atoms with van der Waals surface area (Å²) in [6, 6.07) is 1.12. The van der Waals surface area contributed by atoms with E-state index in [1.807, 2.05) is 0 Å². The topological polar surface area (TPSA) is 182 Å². The Morgan fingerprint density at radius 2 is 1.80 bits per heavy atom. The molecule has 0 heterocycles. The summed E-state index contributed by atoms with van der Waals surface area (Å²) in [4.78, 5) is 35.3. The summed E-state index contributed by atoms with van der Waals surface area (Å²) >= 11 is 0. The van der Waals surface area contributed by atoms with Crippen molar-refractivity contribution in [1.29, 1.82) is 0 Å². The number of hydrogen-bond acceptors (Lipinski definition) is 7. The normalized spacial score (nSPS) is 12.9. The minimum Gasteiger partial charge on any atom is -0.504 e. The Kier molecular flexibility index (Phi) is 7.63. The van der Waals surface area contributed by atoms with Crippen molar-refractivity contribution in [2.45, 2.75) is 24.9 Å². The fraction of sp³-hybridized carbons (Fsp3) is 0.400. The number of aliphatic hydroxyl groups is 1. The average Bonchev–Trinajstić information content (AvgIpc) is 2.57. The number of aliphatic carboxylic acids is 1. The highest BCUT2D eigenvalue weighted by Gasteiger charge is 2.27. The first-order chi connectivity index (χ1) is 11.8. The molecule has 138 valence electrons. The third-order valence-electron chi connectivity index (χ3n) is 3.38. The number of aliphatic hydroxyl groups excluding tert-OH is 1. The van der Waals surface area contributed by atoms with Crippen LogP contribution in [0.5, 0.6) is 11.5 Å². The molecule has 10 nitrogen and oxygen atoms in total. The molecule has 0 radical (unpaired) electrons. The number of amides is 2. The second-order valence-electron chi connectivity index (χ2n) is 5.21. The Labute approximate surface area is 143 Å². The second-order valence-corrected chi connectivity index (χ2v) is 5.21. The lowest BCUT2D eigenvalue weighted by molar-refractivity contribution is -0.143. The standard InChI is InChI=1S/C15H21N3O7/c16-6-2-4-9(14(23)18-10(7-19)15(24)25)17-13(22)8-3-1-5-11(20)12(8)21/h1,3,5,9-10,19-21H,2,4,6-7,16H2,(H,17,22)(H,18,23)(H,24,25)/t9-,10+/m1/s1. The summed E-state index contributed by atoms with van der Waals surface area (Å²) in [5.41, 5.74) is 5.14. The van der Waals surface area contributed by atoms with Crippen molar-refractivity contribution in [2.75, 3.05) is 13.2 Å². The lowest BCUT2D eigenvalue weighted by atomic mass is 10.1. The summed E-state index contributed by atoms with van der Waals surface area (Å²) in [6.07, 6.45) is 0.479.